The first-order chi connectivity index (χ1) is 18.6. The molecule has 1 heterocycles. The second kappa shape index (κ2) is 13.8. The third-order valence-corrected chi connectivity index (χ3v) is 6.89. The molecule has 1 N–H and O–H groups in total. The van der Waals surface area contributed by atoms with E-state index in [-0.39, 0.29) is 0 Å². The fourth-order valence-electron chi connectivity index (χ4n) is 4.11. The maximum Gasteiger partial charge on any atom is 0.119 e. The van der Waals surface area contributed by atoms with Crippen LogP contribution in [0, 0.1) is 13.8 Å². The van der Waals surface area contributed by atoms with Crippen molar-refractivity contribution in [1.29, 1.82) is 0 Å². The van der Waals surface area contributed by atoms with Crippen LogP contribution < -0.4 is 9.47 Å². The summed E-state index contributed by atoms with van der Waals surface area (Å²) in [7, 11) is 1.66. The lowest BCUT2D eigenvalue weighted by molar-refractivity contribution is 0.146. The van der Waals surface area contributed by atoms with Gasteiger partial charge in [-0.05, 0) is 84.6 Å². The summed E-state index contributed by atoms with van der Waals surface area (Å²) < 4.78 is 16.2. The zero-order valence-electron chi connectivity index (χ0n) is 22.2. The number of hydrogen-bond acceptors (Lipinski definition) is 3. The van der Waals surface area contributed by atoms with Crippen LogP contribution in [0.25, 0.3) is 22.2 Å². The summed E-state index contributed by atoms with van der Waals surface area (Å²) in [5, 5.41) is 2.17. The number of aryl methyl sites for hydroxylation is 2. The van der Waals surface area contributed by atoms with Gasteiger partial charge < -0.3 is 19.2 Å². The Labute approximate surface area is 233 Å². The first-order valence-electron chi connectivity index (χ1n) is 12.7. The number of methoxy groups -OCH3 is 1. The topological polar surface area (TPSA) is 43.5 Å². The van der Waals surface area contributed by atoms with E-state index in [2.05, 4.69) is 77.2 Å². The van der Waals surface area contributed by atoms with E-state index in [1.807, 2.05) is 54.6 Å². The Morgan fingerprint density at radius 3 is 2.08 bits per heavy atom. The van der Waals surface area contributed by atoms with E-state index < -0.39 is 0 Å². The summed E-state index contributed by atoms with van der Waals surface area (Å²) in [4.78, 5) is 3.54. The van der Waals surface area contributed by atoms with Gasteiger partial charge in [0.25, 0.3) is 0 Å². The third kappa shape index (κ3) is 7.50. The number of ether oxygens (including phenoxy) is 3. The number of H-pyrrole nitrogens is 1. The Bertz CT molecular complexity index is 1410. The molecule has 5 aromatic rings. The van der Waals surface area contributed by atoms with Gasteiger partial charge in [0.15, 0.2) is 0 Å². The van der Waals surface area contributed by atoms with Crippen molar-refractivity contribution in [2.45, 2.75) is 25.8 Å². The van der Waals surface area contributed by atoms with Crippen LogP contribution >= 0.6 is 15.9 Å². The predicted octanol–water partition coefficient (Wildman–Crippen LogP) is 8.64. The molecule has 1 aromatic heterocycles. The van der Waals surface area contributed by atoms with Crippen molar-refractivity contribution >= 4 is 26.8 Å². The average molecular weight is 573 g/mol. The quantitative estimate of drug-likeness (QED) is 0.142. The number of hydrogen-bond donors (Lipinski definition) is 1. The predicted molar refractivity (Wildman–Crippen MR) is 160 cm³/mol. The summed E-state index contributed by atoms with van der Waals surface area (Å²) in [6.07, 6.45) is 0. The van der Waals surface area contributed by atoms with Crippen LogP contribution in [0.1, 0.15) is 22.3 Å². The summed E-state index contributed by atoms with van der Waals surface area (Å²) in [6, 6.07) is 33.1. The molecule has 0 saturated heterocycles. The molecule has 4 aromatic carbocycles. The third-order valence-electron chi connectivity index (χ3n) is 6.24. The monoisotopic (exact) mass is 571 g/mol. The molecule has 0 spiro atoms. The minimum atomic E-state index is 0.588. The summed E-state index contributed by atoms with van der Waals surface area (Å²) in [5.74, 6) is 1.78. The highest BCUT2D eigenvalue weighted by Crippen LogP contribution is 2.31. The lowest BCUT2D eigenvalue weighted by atomic mass is 10.1. The number of alkyl halides is 1. The standard InChI is InChI=1S/C23H21NO.C10H13BrO2/c1-16-8-13-22-21(14-16)17(2)23(24-22)19-9-11-20(12-10-19)25-15-18-6-4-3-5-7-18;1-12-6-7-13-10-4-2-9(8-11)3-5-10/h3-14,24H,15H2,1-2H3;2-5H,6-8H2,1H3. The molecular weight excluding hydrogens is 538 g/mol. The van der Waals surface area contributed by atoms with Gasteiger partial charge in [-0.3, -0.25) is 0 Å². The number of rotatable bonds is 9. The Kier molecular flexibility index (Phi) is 10.0. The Hall–Kier alpha value is -3.54. The van der Waals surface area contributed by atoms with Gasteiger partial charge in [-0.2, -0.15) is 0 Å². The lowest BCUT2D eigenvalue weighted by Gasteiger charge is -2.07. The number of aromatic nitrogens is 1. The first kappa shape index (κ1) is 27.5. The normalized spacial score (nSPS) is 10.6. The highest BCUT2D eigenvalue weighted by molar-refractivity contribution is 9.08. The van der Waals surface area contributed by atoms with Crippen molar-refractivity contribution in [2.75, 3.05) is 20.3 Å². The molecule has 5 heteroatoms. The van der Waals surface area contributed by atoms with Crippen molar-refractivity contribution in [2.24, 2.45) is 0 Å². The number of aromatic amines is 1. The Morgan fingerprint density at radius 2 is 1.39 bits per heavy atom. The molecule has 196 valence electrons. The van der Waals surface area contributed by atoms with Crippen molar-refractivity contribution in [3.63, 3.8) is 0 Å². The van der Waals surface area contributed by atoms with E-state index in [1.165, 1.54) is 44.4 Å². The molecule has 0 saturated carbocycles. The van der Waals surface area contributed by atoms with Gasteiger partial charge in [0, 0.05) is 29.0 Å². The van der Waals surface area contributed by atoms with Gasteiger partial charge >= 0.3 is 0 Å². The van der Waals surface area contributed by atoms with Gasteiger partial charge in [0.2, 0.25) is 0 Å². The van der Waals surface area contributed by atoms with Crippen LogP contribution in [-0.2, 0) is 16.7 Å². The molecule has 0 atom stereocenters. The van der Waals surface area contributed by atoms with E-state index >= 15 is 0 Å². The van der Waals surface area contributed by atoms with Gasteiger partial charge in [-0.15, -0.1) is 0 Å². The minimum absolute atomic E-state index is 0.588. The van der Waals surface area contributed by atoms with Crippen molar-refractivity contribution < 1.29 is 14.2 Å². The van der Waals surface area contributed by atoms with Gasteiger partial charge in [0.1, 0.15) is 24.7 Å². The molecule has 0 amide bonds. The molecule has 0 aliphatic carbocycles. The van der Waals surface area contributed by atoms with Gasteiger partial charge in [-0.1, -0.05) is 70.0 Å². The van der Waals surface area contributed by atoms with Crippen LogP contribution in [-0.4, -0.2) is 25.3 Å². The Morgan fingerprint density at radius 1 is 0.711 bits per heavy atom. The molecule has 0 fully saturated rings. The number of nitrogens with one attached hydrogen (secondary N) is 1. The van der Waals surface area contributed by atoms with Crippen LogP contribution in [0.4, 0.5) is 0 Å². The maximum absolute atomic E-state index is 5.88. The van der Waals surface area contributed by atoms with E-state index in [0.717, 1.165) is 16.8 Å². The molecular formula is C33H34BrNO3. The highest BCUT2D eigenvalue weighted by atomic mass is 79.9. The van der Waals surface area contributed by atoms with Crippen LogP contribution in [0.2, 0.25) is 0 Å². The van der Waals surface area contributed by atoms with Crippen LogP contribution in [0.15, 0.2) is 97.1 Å². The highest BCUT2D eigenvalue weighted by Gasteiger charge is 2.10. The number of fused-ring (bicyclic) bond motifs is 1. The molecule has 0 aliphatic rings. The maximum atomic E-state index is 5.88. The fraction of sp³-hybridized carbons (Fsp3) is 0.212. The average Bonchev–Trinajstić information content (AvgIpc) is 3.29. The molecule has 0 unspecified atom stereocenters. The second-order valence-corrected chi connectivity index (χ2v) is 9.65. The van der Waals surface area contributed by atoms with E-state index in [0.29, 0.717) is 19.8 Å². The van der Waals surface area contributed by atoms with Gasteiger partial charge in [0.05, 0.1) is 6.61 Å². The molecule has 38 heavy (non-hydrogen) atoms. The Balaban J connectivity index is 0.000000219. The fourth-order valence-corrected chi connectivity index (χ4v) is 4.48. The summed E-state index contributed by atoms with van der Waals surface area (Å²) in [5.41, 5.74) is 8.53. The van der Waals surface area contributed by atoms with Gasteiger partial charge in [-0.25, -0.2) is 0 Å². The number of halogens is 1. The lowest BCUT2D eigenvalue weighted by Crippen LogP contribution is -2.03. The molecule has 0 bridgehead atoms. The van der Waals surface area contributed by atoms with E-state index in [4.69, 9.17) is 14.2 Å². The van der Waals surface area contributed by atoms with E-state index in [1.54, 1.807) is 7.11 Å². The number of benzene rings is 4. The second-order valence-electron chi connectivity index (χ2n) is 9.09. The molecule has 5 rings (SSSR count). The molecule has 4 nitrogen and oxygen atoms in total. The minimum Gasteiger partial charge on any atom is -0.491 e. The zero-order chi connectivity index (χ0) is 26.7. The van der Waals surface area contributed by atoms with Crippen LogP contribution in [0.3, 0.4) is 0 Å². The first-order valence-corrected chi connectivity index (χ1v) is 13.8. The van der Waals surface area contributed by atoms with Crippen molar-refractivity contribution in [3.05, 3.63) is 119 Å². The smallest absolute Gasteiger partial charge is 0.119 e. The van der Waals surface area contributed by atoms with Crippen molar-refractivity contribution in [3.8, 4) is 22.8 Å². The SMILES string of the molecule is COCCOc1ccc(CBr)cc1.Cc1ccc2[nH]c(-c3ccc(OCc4ccccc4)cc3)c(C)c2c1. The largest absolute Gasteiger partial charge is 0.491 e. The zero-order valence-corrected chi connectivity index (χ0v) is 23.8. The summed E-state index contributed by atoms with van der Waals surface area (Å²) >= 11 is 3.39. The van der Waals surface area contributed by atoms with E-state index in [9.17, 15) is 0 Å². The molecule has 0 aliphatic heterocycles. The summed E-state index contributed by atoms with van der Waals surface area (Å²) in [6.45, 7) is 6.12. The van der Waals surface area contributed by atoms with Crippen molar-refractivity contribution in [1.82, 2.24) is 4.98 Å². The van der Waals surface area contributed by atoms with Crippen LogP contribution in [0.5, 0.6) is 11.5 Å². The molecule has 0 radical (unpaired) electrons.